The number of carboxylic acid groups (broad SMARTS) is 1. The van der Waals surface area contributed by atoms with Crippen LogP contribution in [0.25, 0.3) is 0 Å². The molecule has 0 atom stereocenters. The van der Waals surface area contributed by atoms with Crippen molar-refractivity contribution in [2.75, 3.05) is 10.8 Å². The van der Waals surface area contributed by atoms with Gasteiger partial charge in [-0.05, 0) is 12.1 Å². The fraction of sp³-hybridized carbons (Fsp3) is 0.200. The molecule has 0 radical (unpaired) electrons. The third-order valence-electron chi connectivity index (χ3n) is 1.77. The molecule has 0 unspecified atom stereocenters. The first-order valence-electron chi connectivity index (χ1n) is 4.50. The molecular weight excluding hydrogens is 228 g/mol. The molecule has 2 amide bonds. The summed E-state index contributed by atoms with van der Waals surface area (Å²) < 4.78 is 0. The molecule has 0 fully saturated rings. The average Bonchev–Trinajstić information content (AvgIpc) is 2.59. The van der Waals surface area contributed by atoms with E-state index in [2.05, 4.69) is 0 Å². The summed E-state index contributed by atoms with van der Waals surface area (Å²) in [5.41, 5.74) is 6.11. The van der Waals surface area contributed by atoms with Gasteiger partial charge in [0.2, 0.25) is 0 Å². The summed E-state index contributed by atoms with van der Waals surface area (Å²) in [5.74, 6) is -0.200. The Morgan fingerprint density at radius 3 is 2.56 bits per heavy atom. The normalized spacial score (nSPS) is 12.4. The Bertz CT molecular complexity index is 405. The third kappa shape index (κ3) is 3.16. The van der Waals surface area contributed by atoms with Crippen LogP contribution >= 0.6 is 11.8 Å². The zero-order valence-corrected chi connectivity index (χ0v) is 9.53. The van der Waals surface area contributed by atoms with Crippen molar-refractivity contribution in [3.8, 4) is 0 Å². The average molecular weight is 240 g/mol. The highest BCUT2D eigenvalue weighted by molar-refractivity contribution is 8.00. The van der Waals surface area contributed by atoms with E-state index in [1.54, 1.807) is 16.7 Å². The van der Waals surface area contributed by atoms with Crippen LogP contribution in [0.2, 0.25) is 0 Å². The molecule has 3 N–H and O–H groups in total. The Balaban J connectivity index is 0.000000280. The highest BCUT2D eigenvalue weighted by atomic mass is 32.2. The quantitative estimate of drug-likeness (QED) is 0.723. The van der Waals surface area contributed by atoms with Crippen LogP contribution in [0.4, 0.5) is 10.5 Å². The maximum atomic E-state index is 10.9. The Labute approximate surface area is 97.2 Å². The smallest absolute Gasteiger partial charge is 0.320 e. The number of anilines is 1. The number of hydrogen-bond acceptors (Lipinski definition) is 3. The van der Waals surface area contributed by atoms with Crippen molar-refractivity contribution in [1.82, 2.24) is 0 Å². The summed E-state index contributed by atoms with van der Waals surface area (Å²) >= 11 is 1.63. The summed E-state index contributed by atoms with van der Waals surface area (Å²) in [5, 5.41) is 7.42. The molecule has 5 nitrogen and oxygen atoms in total. The molecule has 86 valence electrons. The Kier molecular flexibility index (Phi) is 4.19. The number of thioether (sulfide) groups is 1. The molecule has 0 aliphatic carbocycles. The number of nitrogens with zero attached hydrogens (tertiary/aromatic N) is 1. The van der Waals surface area contributed by atoms with Crippen LogP contribution in [0.5, 0.6) is 0 Å². The minimum Gasteiger partial charge on any atom is -0.481 e. The lowest BCUT2D eigenvalue weighted by Crippen LogP contribution is -2.33. The predicted molar refractivity (Wildman–Crippen MR) is 62.5 cm³/mol. The van der Waals surface area contributed by atoms with E-state index in [4.69, 9.17) is 15.6 Å². The number of nitrogens with two attached hydrogens (primary N) is 1. The molecule has 16 heavy (non-hydrogen) atoms. The second-order valence-electron chi connectivity index (χ2n) is 3.03. The number of benzene rings is 1. The van der Waals surface area contributed by atoms with Crippen molar-refractivity contribution in [1.29, 1.82) is 0 Å². The van der Waals surface area contributed by atoms with E-state index in [1.807, 2.05) is 24.3 Å². The van der Waals surface area contributed by atoms with Crippen molar-refractivity contribution in [2.24, 2.45) is 5.73 Å². The second kappa shape index (κ2) is 5.41. The van der Waals surface area contributed by atoms with Crippen LogP contribution in [0.3, 0.4) is 0 Å². The summed E-state index contributed by atoms with van der Waals surface area (Å²) in [6, 6.07) is 7.37. The van der Waals surface area contributed by atoms with Gasteiger partial charge in [-0.1, -0.05) is 12.1 Å². The van der Waals surface area contributed by atoms with Gasteiger partial charge >= 0.3 is 6.03 Å². The second-order valence-corrected chi connectivity index (χ2v) is 4.01. The number of hydrogen-bond donors (Lipinski definition) is 2. The van der Waals surface area contributed by atoms with E-state index in [9.17, 15) is 4.79 Å². The molecule has 1 aromatic rings. The molecule has 0 saturated heterocycles. The van der Waals surface area contributed by atoms with E-state index < -0.39 is 5.97 Å². The number of carboxylic acids is 1. The number of amides is 2. The first kappa shape index (κ1) is 12.4. The maximum absolute atomic E-state index is 10.9. The first-order valence-corrected chi connectivity index (χ1v) is 5.49. The highest BCUT2D eigenvalue weighted by Crippen LogP contribution is 2.37. The van der Waals surface area contributed by atoms with Gasteiger partial charge in [0.25, 0.3) is 5.97 Å². The number of carbonyl (C=O) groups is 2. The molecule has 1 heterocycles. The van der Waals surface area contributed by atoms with Crippen LogP contribution in [-0.2, 0) is 4.79 Å². The van der Waals surface area contributed by atoms with Gasteiger partial charge in [-0.2, -0.15) is 0 Å². The van der Waals surface area contributed by atoms with E-state index in [1.165, 1.54) is 0 Å². The number of carbonyl (C=O) groups excluding carboxylic acids is 1. The molecular formula is C10H12N2O3S. The number of fused-ring (bicyclic) bond motifs is 1. The van der Waals surface area contributed by atoms with Crippen molar-refractivity contribution in [2.45, 2.75) is 11.8 Å². The summed E-state index contributed by atoms with van der Waals surface area (Å²) in [7, 11) is 0. The van der Waals surface area contributed by atoms with Gasteiger partial charge in [-0.3, -0.25) is 9.69 Å². The molecule has 1 aromatic carbocycles. The summed E-state index contributed by atoms with van der Waals surface area (Å²) in [4.78, 5) is 22.6. The molecule has 1 aliphatic rings. The maximum Gasteiger partial charge on any atom is 0.320 e. The van der Waals surface area contributed by atoms with Crippen molar-refractivity contribution >= 4 is 29.4 Å². The number of primary amides is 1. The molecule has 0 aromatic heterocycles. The molecule has 0 bridgehead atoms. The highest BCUT2D eigenvalue weighted by Gasteiger charge is 2.22. The zero-order chi connectivity index (χ0) is 12.1. The summed E-state index contributed by atoms with van der Waals surface area (Å²) in [6.45, 7) is 1.08. The third-order valence-corrected chi connectivity index (χ3v) is 2.81. The zero-order valence-electron chi connectivity index (χ0n) is 8.71. The van der Waals surface area contributed by atoms with Crippen LogP contribution in [0.1, 0.15) is 6.92 Å². The topological polar surface area (TPSA) is 83.6 Å². The summed E-state index contributed by atoms with van der Waals surface area (Å²) in [6.07, 6.45) is 0. The minimum absolute atomic E-state index is 0.382. The Morgan fingerprint density at radius 2 is 2.00 bits per heavy atom. The van der Waals surface area contributed by atoms with Gasteiger partial charge in [0.1, 0.15) is 0 Å². The van der Waals surface area contributed by atoms with E-state index >= 15 is 0 Å². The van der Waals surface area contributed by atoms with Crippen LogP contribution < -0.4 is 10.6 Å². The van der Waals surface area contributed by atoms with Gasteiger partial charge in [-0.25, -0.2) is 4.79 Å². The first-order chi connectivity index (χ1) is 7.52. The van der Waals surface area contributed by atoms with E-state index in [-0.39, 0.29) is 6.03 Å². The predicted octanol–water partition coefficient (Wildman–Crippen LogP) is 1.73. The largest absolute Gasteiger partial charge is 0.481 e. The fourth-order valence-corrected chi connectivity index (χ4v) is 2.22. The van der Waals surface area contributed by atoms with Crippen LogP contribution in [0, 0.1) is 0 Å². The van der Waals surface area contributed by atoms with Gasteiger partial charge in [0.05, 0.1) is 11.6 Å². The molecule has 0 saturated carbocycles. The molecule has 1 aliphatic heterocycles. The van der Waals surface area contributed by atoms with E-state index in [0.29, 0.717) is 5.88 Å². The SMILES string of the molecule is CC(=O)O.NC(=O)N1CSc2ccccc21. The van der Waals surface area contributed by atoms with Gasteiger partial charge in [0.15, 0.2) is 0 Å². The Morgan fingerprint density at radius 1 is 1.44 bits per heavy atom. The fourth-order valence-electron chi connectivity index (χ4n) is 1.19. The Hall–Kier alpha value is -1.69. The number of aliphatic carboxylic acids is 1. The molecule has 0 spiro atoms. The van der Waals surface area contributed by atoms with Crippen molar-refractivity contribution in [3.63, 3.8) is 0 Å². The number of rotatable bonds is 0. The monoisotopic (exact) mass is 240 g/mol. The molecule has 6 heteroatoms. The number of para-hydroxylation sites is 1. The number of urea groups is 1. The van der Waals surface area contributed by atoms with E-state index in [0.717, 1.165) is 17.5 Å². The molecule has 2 rings (SSSR count). The van der Waals surface area contributed by atoms with Crippen LogP contribution in [0.15, 0.2) is 29.2 Å². The minimum atomic E-state index is -0.833. The van der Waals surface area contributed by atoms with Gasteiger partial charge in [-0.15, -0.1) is 11.8 Å². The lowest BCUT2D eigenvalue weighted by atomic mass is 10.3. The lowest BCUT2D eigenvalue weighted by Gasteiger charge is -2.11. The van der Waals surface area contributed by atoms with Gasteiger partial charge < -0.3 is 10.8 Å². The van der Waals surface area contributed by atoms with Crippen LogP contribution in [-0.4, -0.2) is 23.0 Å². The van der Waals surface area contributed by atoms with Crippen molar-refractivity contribution in [3.05, 3.63) is 24.3 Å². The lowest BCUT2D eigenvalue weighted by molar-refractivity contribution is -0.134. The van der Waals surface area contributed by atoms with Gasteiger partial charge in [0, 0.05) is 11.8 Å². The standard InChI is InChI=1S/C8H8N2OS.C2H4O2/c9-8(11)10-5-12-7-4-2-1-3-6(7)10;1-2(3)4/h1-4H,5H2,(H2,9,11);1H3,(H,3,4). The van der Waals surface area contributed by atoms with Crippen molar-refractivity contribution < 1.29 is 14.7 Å².